The van der Waals surface area contributed by atoms with E-state index in [0.717, 1.165) is 24.8 Å². The molecule has 0 amide bonds. The molecule has 1 N–H and O–H groups in total. The predicted molar refractivity (Wildman–Crippen MR) is 54.4 cm³/mol. The van der Waals surface area contributed by atoms with Crippen LogP contribution >= 0.6 is 0 Å². The Hall–Kier alpha value is -1.45. The Morgan fingerprint density at radius 1 is 1.20 bits per heavy atom. The van der Waals surface area contributed by atoms with Crippen LogP contribution in [-0.4, -0.2) is 21.0 Å². The normalized spacial score (nSPS) is 19.7. The summed E-state index contributed by atoms with van der Waals surface area (Å²) in [6, 6.07) is 0. The van der Waals surface area contributed by atoms with Crippen LogP contribution in [-0.2, 0) is 10.2 Å². The van der Waals surface area contributed by atoms with Crippen molar-refractivity contribution in [2.24, 2.45) is 0 Å². The summed E-state index contributed by atoms with van der Waals surface area (Å²) in [6.07, 6.45) is 9.18. The summed E-state index contributed by atoms with van der Waals surface area (Å²) in [7, 11) is 0. The molecular formula is C11H14N2O2. The van der Waals surface area contributed by atoms with E-state index in [0.29, 0.717) is 12.8 Å². The van der Waals surface area contributed by atoms with Crippen molar-refractivity contribution >= 4 is 5.97 Å². The molecule has 1 aromatic heterocycles. The first kappa shape index (κ1) is 10.1. The van der Waals surface area contributed by atoms with E-state index in [4.69, 9.17) is 0 Å². The van der Waals surface area contributed by atoms with Gasteiger partial charge in [0.1, 0.15) is 6.33 Å². The van der Waals surface area contributed by atoms with E-state index in [2.05, 4.69) is 9.97 Å². The molecule has 1 aliphatic rings. The quantitative estimate of drug-likeness (QED) is 0.800. The molecule has 0 radical (unpaired) electrons. The maximum atomic E-state index is 11.4. The number of carboxylic acids is 1. The van der Waals surface area contributed by atoms with E-state index >= 15 is 0 Å². The molecule has 1 saturated carbocycles. The largest absolute Gasteiger partial charge is 0.481 e. The van der Waals surface area contributed by atoms with Crippen molar-refractivity contribution in [1.82, 2.24) is 9.97 Å². The molecule has 0 unspecified atom stereocenters. The highest BCUT2D eigenvalue weighted by Crippen LogP contribution is 2.39. The van der Waals surface area contributed by atoms with Gasteiger partial charge in [0.2, 0.25) is 0 Å². The van der Waals surface area contributed by atoms with Gasteiger partial charge in [-0.05, 0) is 12.8 Å². The van der Waals surface area contributed by atoms with Crippen LogP contribution in [0.5, 0.6) is 0 Å². The maximum Gasteiger partial charge on any atom is 0.314 e. The summed E-state index contributed by atoms with van der Waals surface area (Å²) in [6.45, 7) is 0. The number of aliphatic carboxylic acids is 1. The molecular weight excluding hydrogens is 192 g/mol. The Morgan fingerprint density at radius 2 is 1.80 bits per heavy atom. The van der Waals surface area contributed by atoms with Crippen LogP contribution in [0, 0.1) is 0 Å². The standard InChI is InChI=1S/C11H14N2O2/c14-10(15)11(4-2-1-3-5-11)9-6-12-8-13-7-9/h6-8H,1-5H2,(H,14,15). The maximum absolute atomic E-state index is 11.4. The molecule has 80 valence electrons. The van der Waals surface area contributed by atoms with Crippen LogP contribution in [0.3, 0.4) is 0 Å². The van der Waals surface area contributed by atoms with Crippen LogP contribution in [0.1, 0.15) is 37.7 Å². The monoisotopic (exact) mass is 206 g/mol. The third-order valence-corrected chi connectivity index (χ3v) is 3.23. The zero-order valence-corrected chi connectivity index (χ0v) is 8.52. The molecule has 1 heterocycles. The van der Waals surface area contributed by atoms with E-state index in [9.17, 15) is 9.90 Å². The van der Waals surface area contributed by atoms with Crippen LogP contribution in [0.2, 0.25) is 0 Å². The van der Waals surface area contributed by atoms with Gasteiger partial charge in [-0.3, -0.25) is 4.79 Å². The smallest absolute Gasteiger partial charge is 0.314 e. The molecule has 2 rings (SSSR count). The van der Waals surface area contributed by atoms with Crippen molar-refractivity contribution in [2.75, 3.05) is 0 Å². The van der Waals surface area contributed by atoms with Crippen molar-refractivity contribution in [3.63, 3.8) is 0 Å². The molecule has 0 saturated heterocycles. The molecule has 1 aliphatic carbocycles. The zero-order chi connectivity index (χ0) is 10.7. The molecule has 15 heavy (non-hydrogen) atoms. The van der Waals surface area contributed by atoms with Crippen molar-refractivity contribution in [1.29, 1.82) is 0 Å². The van der Waals surface area contributed by atoms with Gasteiger partial charge in [-0.1, -0.05) is 19.3 Å². The molecule has 0 aromatic carbocycles. The Morgan fingerprint density at radius 3 is 2.33 bits per heavy atom. The van der Waals surface area contributed by atoms with Crippen molar-refractivity contribution in [3.8, 4) is 0 Å². The van der Waals surface area contributed by atoms with E-state index in [1.165, 1.54) is 6.33 Å². The predicted octanol–water partition coefficient (Wildman–Crippen LogP) is 1.76. The lowest BCUT2D eigenvalue weighted by Gasteiger charge is -2.32. The van der Waals surface area contributed by atoms with Gasteiger partial charge in [0.05, 0.1) is 5.41 Å². The van der Waals surface area contributed by atoms with Gasteiger partial charge in [0.25, 0.3) is 0 Å². The highest BCUT2D eigenvalue weighted by atomic mass is 16.4. The van der Waals surface area contributed by atoms with E-state index in [-0.39, 0.29) is 0 Å². The number of aromatic nitrogens is 2. The van der Waals surface area contributed by atoms with Gasteiger partial charge in [0, 0.05) is 18.0 Å². The Bertz CT molecular complexity index is 345. The van der Waals surface area contributed by atoms with Crippen LogP contribution < -0.4 is 0 Å². The lowest BCUT2D eigenvalue weighted by molar-refractivity contribution is -0.145. The van der Waals surface area contributed by atoms with E-state index < -0.39 is 11.4 Å². The third kappa shape index (κ3) is 1.71. The van der Waals surface area contributed by atoms with Gasteiger partial charge in [-0.25, -0.2) is 9.97 Å². The molecule has 4 heteroatoms. The first-order valence-electron chi connectivity index (χ1n) is 5.24. The zero-order valence-electron chi connectivity index (χ0n) is 8.52. The summed E-state index contributed by atoms with van der Waals surface area (Å²) in [4.78, 5) is 19.2. The number of nitrogens with zero attached hydrogens (tertiary/aromatic N) is 2. The van der Waals surface area contributed by atoms with Crippen molar-refractivity contribution < 1.29 is 9.90 Å². The first-order chi connectivity index (χ1) is 7.26. The molecule has 0 atom stereocenters. The highest BCUT2D eigenvalue weighted by molar-refractivity contribution is 5.81. The molecule has 0 aliphatic heterocycles. The van der Waals surface area contributed by atoms with Crippen LogP contribution in [0.4, 0.5) is 0 Å². The van der Waals surface area contributed by atoms with Gasteiger partial charge in [0.15, 0.2) is 0 Å². The molecule has 0 spiro atoms. The molecule has 1 fully saturated rings. The SMILES string of the molecule is O=C(O)C1(c2cncnc2)CCCCC1. The Kier molecular flexibility index (Phi) is 2.66. The van der Waals surface area contributed by atoms with E-state index in [1.54, 1.807) is 12.4 Å². The van der Waals surface area contributed by atoms with E-state index in [1.807, 2.05) is 0 Å². The van der Waals surface area contributed by atoms with Crippen molar-refractivity contribution in [3.05, 3.63) is 24.3 Å². The second kappa shape index (κ2) is 3.96. The topological polar surface area (TPSA) is 63.1 Å². The number of hydrogen-bond acceptors (Lipinski definition) is 3. The summed E-state index contributed by atoms with van der Waals surface area (Å²) in [5, 5.41) is 9.39. The second-order valence-electron chi connectivity index (χ2n) is 4.08. The summed E-state index contributed by atoms with van der Waals surface area (Å²) >= 11 is 0. The lowest BCUT2D eigenvalue weighted by atomic mass is 9.70. The molecule has 1 aromatic rings. The fourth-order valence-electron chi connectivity index (χ4n) is 2.33. The number of carboxylic acid groups (broad SMARTS) is 1. The average Bonchev–Trinajstić information content (AvgIpc) is 2.31. The van der Waals surface area contributed by atoms with Gasteiger partial charge >= 0.3 is 5.97 Å². The van der Waals surface area contributed by atoms with Crippen LogP contribution in [0.25, 0.3) is 0 Å². The minimum atomic E-state index is -0.739. The number of hydrogen-bond donors (Lipinski definition) is 1. The average molecular weight is 206 g/mol. The van der Waals surface area contributed by atoms with Gasteiger partial charge in [-0.15, -0.1) is 0 Å². The summed E-state index contributed by atoms with van der Waals surface area (Å²) in [5.41, 5.74) is 0.0108. The number of carbonyl (C=O) groups is 1. The minimum Gasteiger partial charge on any atom is -0.481 e. The van der Waals surface area contributed by atoms with Crippen LogP contribution in [0.15, 0.2) is 18.7 Å². The fourth-order valence-corrected chi connectivity index (χ4v) is 2.33. The molecule has 0 bridgehead atoms. The third-order valence-electron chi connectivity index (χ3n) is 3.23. The molecule has 4 nitrogen and oxygen atoms in total. The van der Waals surface area contributed by atoms with Gasteiger partial charge in [-0.2, -0.15) is 0 Å². The number of rotatable bonds is 2. The first-order valence-corrected chi connectivity index (χ1v) is 5.24. The fraction of sp³-hybridized carbons (Fsp3) is 0.545. The minimum absolute atomic E-state index is 0.704. The van der Waals surface area contributed by atoms with Gasteiger partial charge < -0.3 is 5.11 Å². The summed E-state index contributed by atoms with van der Waals surface area (Å²) < 4.78 is 0. The highest BCUT2D eigenvalue weighted by Gasteiger charge is 2.41. The second-order valence-corrected chi connectivity index (χ2v) is 4.08. The Labute approximate surface area is 88.4 Å². The van der Waals surface area contributed by atoms with Crippen molar-refractivity contribution in [2.45, 2.75) is 37.5 Å². The Balaban J connectivity index is 2.38. The summed E-state index contributed by atoms with van der Waals surface area (Å²) in [5.74, 6) is -0.739. The lowest BCUT2D eigenvalue weighted by Crippen LogP contribution is -2.38.